The fourth-order valence-electron chi connectivity index (χ4n) is 3.30. The number of nitrogens with two attached hydrogens (primary N) is 1. The van der Waals surface area contributed by atoms with Crippen LogP contribution in [0.3, 0.4) is 0 Å². The monoisotopic (exact) mass is 289 g/mol. The van der Waals surface area contributed by atoms with Crippen molar-refractivity contribution in [3.63, 3.8) is 0 Å². The van der Waals surface area contributed by atoms with Gasteiger partial charge in [0.1, 0.15) is 5.82 Å². The minimum atomic E-state index is -0.556. The van der Waals surface area contributed by atoms with Gasteiger partial charge in [-0.25, -0.2) is 4.39 Å². The van der Waals surface area contributed by atoms with Gasteiger partial charge in [0.2, 0.25) is 5.91 Å². The number of benzene rings is 1. The first-order chi connectivity index (χ1) is 10.0. The summed E-state index contributed by atoms with van der Waals surface area (Å²) < 4.78 is 14.7. The molecule has 1 aromatic rings. The van der Waals surface area contributed by atoms with Crippen molar-refractivity contribution in [3.05, 3.63) is 34.1 Å². The van der Waals surface area contributed by atoms with Gasteiger partial charge in [0.25, 0.3) is 0 Å². The standard InChI is InChI=1S/C16H20FN3O/c1-9-7-11-12(16(18)21)8-13(17)15(14(11)10(9)2)20-5-3-19-4-6-20/h8,19H,3-7H2,1-2H3,(H2,18,21). The van der Waals surface area contributed by atoms with Gasteiger partial charge < -0.3 is 16.0 Å². The second kappa shape index (κ2) is 5.15. The molecule has 0 spiro atoms. The van der Waals surface area contributed by atoms with Crippen molar-refractivity contribution in [2.45, 2.75) is 20.3 Å². The first-order valence-corrected chi connectivity index (χ1v) is 7.28. The third-order valence-electron chi connectivity index (χ3n) is 4.52. The Hall–Kier alpha value is -1.88. The zero-order valence-electron chi connectivity index (χ0n) is 12.4. The van der Waals surface area contributed by atoms with Crippen LogP contribution in [-0.4, -0.2) is 32.1 Å². The van der Waals surface area contributed by atoms with Crippen molar-refractivity contribution >= 4 is 17.2 Å². The molecule has 1 aliphatic heterocycles. The Morgan fingerprint density at radius 3 is 2.62 bits per heavy atom. The normalized spacial score (nSPS) is 18.1. The molecule has 1 saturated heterocycles. The second-order valence-electron chi connectivity index (χ2n) is 5.79. The van der Waals surface area contributed by atoms with Gasteiger partial charge in [-0.15, -0.1) is 0 Å². The Kier molecular flexibility index (Phi) is 3.45. The van der Waals surface area contributed by atoms with Crippen molar-refractivity contribution in [1.82, 2.24) is 5.32 Å². The third-order valence-corrected chi connectivity index (χ3v) is 4.52. The number of anilines is 1. The quantitative estimate of drug-likeness (QED) is 0.871. The number of hydrogen-bond donors (Lipinski definition) is 2. The van der Waals surface area contributed by atoms with Crippen LogP contribution in [0.15, 0.2) is 11.6 Å². The number of nitrogens with one attached hydrogen (secondary N) is 1. The van der Waals surface area contributed by atoms with E-state index in [1.807, 2.05) is 13.8 Å². The van der Waals surface area contributed by atoms with Crippen molar-refractivity contribution in [2.75, 3.05) is 31.1 Å². The van der Waals surface area contributed by atoms with Crippen LogP contribution < -0.4 is 16.0 Å². The molecule has 1 heterocycles. The Morgan fingerprint density at radius 1 is 1.33 bits per heavy atom. The molecule has 1 aliphatic carbocycles. The van der Waals surface area contributed by atoms with E-state index in [-0.39, 0.29) is 5.82 Å². The van der Waals surface area contributed by atoms with Crippen molar-refractivity contribution in [3.8, 4) is 0 Å². The van der Waals surface area contributed by atoms with E-state index in [4.69, 9.17) is 5.73 Å². The molecule has 0 atom stereocenters. The Morgan fingerprint density at radius 2 is 2.00 bits per heavy atom. The molecule has 3 N–H and O–H groups in total. The zero-order valence-corrected chi connectivity index (χ0v) is 12.4. The number of rotatable bonds is 2. The van der Waals surface area contributed by atoms with E-state index in [1.165, 1.54) is 11.6 Å². The maximum Gasteiger partial charge on any atom is 0.249 e. The number of carbonyl (C=O) groups is 1. The molecule has 0 bridgehead atoms. The van der Waals surface area contributed by atoms with Crippen LogP contribution in [0, 0.1) is 5.82 Å². The number of halogens is 1. The van der Waals surface area contributed by atoms with Crippen LogP contribution in [0.25, 0.3) is 5.57 Å². The lowest BCUT2D eigenvalue weighted by Gasteiger charge is -2.32. The van der Waals surface area contributed by atoms with Crippen LogP contribution in [-0.2, 0) is 6.42 Å². The molecule has 2 aliphatic rings. The molecular weight excluding hydrogens is 269 g/mol. The Labute approximate surface area is 123 Å². The van der Waals surface area contributed by atoms with Crippen LogP contribution >= 0.6 is 0 Å². The number of allylic oxidation sites excluding steroid dienone is 2. The molecule has 4 nitrogen and oxygen atoms in total. The summed E-state index contributed by atoms with van der Waals surface area (Å²) in [7, 11) is 0. The molecule has 3 rings (SSSR count). The predicted octanol–water partition coefficient (Wildman–Crippen LogP) is 1.68. The molecule has 5 heteroatoms. The summed E-state index contributed by atoms with van der Waals surface area (Å²) in [5.74, 6) is -0.905. The predicted molar refractivity (Wildman–Crippen MR) is 82.0 cm³/mol. The Balaban J connectivity index is 2.21. The van der Waals surface area contributed by atoms with Gasteiger partial charge in [-0.2, -0.15) is 0 Å². The lowest BCUT2D eigenvalue weighted by Crippen LogP contribution is -2.44. The Bertz CT molecular complexity index is 645. The van der Waals surface area contributed by atoms with E-state index < -0.39 is 5.91 Å². The molecule has 0 unspecified atom stereocenters. The van der Waals surface area contributed by atoms with Crippen LogP contribution in [0.2, 0.25) is 0 Å². The number of nitrogens with zero attached hydrogens (tertiary/aromatic N) is 1. The van der Waals surface area contributed by atoms with Crippen LogP contribution in [0.1, 0.15) is 35.3 Å². The first kappa shape index (κ1) is 14.1. The maximum atomic E-state index is 14.7. The number of amides is 1. The van der Waals surface area contributed by atoms with Crippen molar-refractivity contribution < 1.29 is 9.18 Å². The van der Waals surface area contributed by atoms with Gasteiger partial charge in [-0.3, -0.25) is 4.79 Å². The van der Waals surface area contributed by atoms with E-state index in [9.17, 15) is 9.18 Å². The maximum absolute atomic E-state index is 14.7. The van der Waals surface area contributed by atoms with E-state index in [1.54, 1.807) is 0 Å². The molecular formula is C16H20FN3O. The fourth-order valence-corrected chi connectivity index (χ4v) is 3.30. The molecule has 1 aromatic carbocycles. The average Bonchev–Trinajstić information content (AvgIpc) is 2.75. The van der Waals surface area contributed by atoms with Gasteiger partial charge in [-0.05, 0) is 37.5 Å². The van der Waals surface area contributed by atoms with Crippen LogP contribution in [0.4, 0.5) is 10.1 Å². The molecule has 0 saturated carbocycles. The summed E-state index contributed by atoms with van der Waals surface area (Å²) in [6.07, 6.45) is 0.679. The highest BCUT2D eigenvalue weighted by molar-refractivity contribution is 5.99. The van der Waals surface area contributed by atoms with Crippen molar-refractivity contribution in [1.29, 1.82) is 0 Å². The lowest BCUT2D eigenvalue weighted by molar-refractivity contribution is 0.0999. The molecule has 0 aromatic heterocycles. The van der Waals surface area contributed by atoms with Gasteiger partial charge in [0.15, 0.2) is 0 Å². The largest absolute Gasteiger partial charge is 0.366 e. The number of hydrogen-bond acceptors (Lipinski definition) is 3. The fraction of sp³-hybridized carbons (Fsp3) is 0.438. The third kappa shape index (κ3) is 2.21. The summed E-state index contributed by atoms with van der Waals surface area (Å²) in [6.45, 7) is 7.24. The van der Waals surface area contributed by atoms with Crippen LogP contribution in [0.5, 0.6) is 0 Å². The lowest BCUT2D eigenvalue weighted by atomic mass is 9.96. The summed E-state index contributed by atoms with van der Waals surface area (Å²) in [4.78, 5) is 13.7. The minimum Gasteiger partial charge on any atom is -0.366 e. The summed E-state index contributed by atoms with van der Waals surface area (Å²) in [5.41, 5.74) is 10.4. The first-order valence-electron chi connectivity index (χ1n) is 7.28. The molecule has 112 valence electrons. The number of primary amides is 1. The number of fused-ring (bicyclic) bond motifs is 1. The van der Waals surface area contributed by atoms with Gasteiger partial charge >= 0.3 is 0 Å². The molecule has 1 fully saturated rings. The van der Waals surface area contributed by atoms with Gasteiger partial charge in [-0.1, -0.05) is 5.57 Å². The average molecular weight is 289 g/mol. The highest BCUT2D eigenvalue weighted by Crippen LogP contribution is 2.42. The molecule has 0 radical (unpaired) electrons. The summed E-state index contributed by atoms with van der Waals surface area (Å²) >= 11 is 0. The molecule has 21 heavy (non-hydrogen) atoms. The minimum absolute atomic E-state index is 0.317. The van der Waals surface area contributed by atoms with Crippen molar-refractivity contribution in [2.24, 2.45) is 5.73 Å². The topological polar surface area (TPSA) is 58.4 Å². The van der Waals surface area contributed by atoms with E-state index in [2.05, 4.69) is 10.2 Å². The molecule has 1 amide bonds. The number of piperazine rings is 1. The van der Waals surface area contributed by atoms with Gasteiger partial charge in [0, 0.05) is 37.3 Å². The smallest absolute Gasteiger partial charge is 0.249 e. The summed E-state index contributed by atoms with van der Waals surface area (Å²) in [6, 6.07) is 1.31. The second-order valence-corrected chi connectivity index (χ2v) is 5.79. The van der Waals surface area contributed by atoms with Gasteiger partial charge in [0.05, 0.1) is 5.69 Å². The van der Waals surface area contributed by atoms with E-state index >= 15 is 0 Å². The van der Waals surface area contributed by atoms with E-state index in [0.29, 0.717) is 17.7 Å². The van der Waals surface area contributed by atoms with E-state index in [0.717, 1.165) is 42.9 Å². The highest BCUT2D eigenvalue weighted by Gasteiger charge is 2.29. The SMILES string of the molecule is CC1=C(C)c2c(c(C(N)=O)cc(F)c2N2CCNCC2)C1. The number of carbonyl (C=O) groups excluding carboxylic acids is 1. The summed E-state index contributed by atoms with van der Waals surface area (Å²) in [5, 5.41) is 3.27. The highest BCUT2D eigenvalue weighted by atomic mass is 19.1. The zero-order chi connectivity index (χ0) is 15.1.